The summed E-state index contributed by atoms with van der Waals surface area (Å²) in [4.78, 5) is 21.0. The lowest BCUT2D eigenvalue weighted by atomic mass is 10.2. The third kappa shape index (κ3) is 3.56. The summed E-state index contributed by atoms with van der Waals surface area (Å²) in [5, 5.41) is 11.5. The van der Waals surface area contributed by atoms with Gasteiger partial charge in [0.2, 0.25) is 12.3 Å². The molecule has 0 atom stereocenters. The van der Waals surface area contributed by atoms with Crippen molar-refractivity contribution in [1.82, 2.24) is 15.2 Å². The standard InChI is InChI=1S/C18H17N5O2S2/c1-3-23(4-2)18-21-17-14(27-18)9-13(26-17)15(24)20-12-7-5-6-11(8-12)16-22-19-10-25-16/h5-10H,3-4H2,1-2H3,(H,20,24). The number of rotatable bonds is 6. The summed E-state index contributed by atoms with van der Waals surface area (Å²) < 4.78 is 6.23. The molecule has 0 aliphatic heterocycles. The second kappa shape index (κ2) is 7.45. The number of fused-ring (bicyclic) bond motifs is 1. The Balaban J connectivity index is 1.53. The predicted octanol–water partition coefficient (Wildman–Crippen LogP) is 4.51. The zero-order valence-electron chi connectivity index (χ0n) is 14.8. The summed E-state index contributed by atoms with van der Waals surface area (Å²) in [7, 11) is 0. The molecule has 0 unspecified atom stereocenters. The maximum atomic E-state index is 12.6. The van der Waals surface area contributed by atoms with Crippen molar-refractivity contribution in [3.05, 3.63) is 41.6 Å². The minimum atomic E-state index is -0.155. The molecule has 1 amide bonds. The number of nitrogens with zero attached hydrogens (tertiary/aromatic N) is 4. The van der Waals surface area contributed by atoms with Gasteiger partial charge >= 0.3 is 0 Å². The van der Waals surface area contributed by atoms with E-state index in [4.69, 9.17) is 4.42 Å². The molecule has 4 rings (SSSR count). The molecule has 1 N–H and O–H groups in total. The largest absolute Gasteiger partial charge is 0.423 e. The number of hydrogen-bond donors (Lipinski definition) is 1. The first kappa shape index (κ1) is 17.6. The molecule has 9 heteroatoms. The van der Waals surface area contributed by atoms with Gasteiger partial charge in [-0.3, -0.25) is 4.79 Å². The van der Waals surface area contributed by atoms with Gasteiger partial charge in [-0.1, -0.05) is 17.4 Å². The number of anilines is 2. The third-order valence-electron chi connectivity index (χ3n) is 4.06. The van der Waals surface area contributed by atoms with E-state index >= 15 is 0 Å². The van der Waals surface area contributed by atoms with E-state index in [9.17, 15) is 4.79 Å². The van der Waals surface area contributed by atoms with Gasteiger partial charge in [0.15, 0.2) is 5.13 Å². The van der Waals surface area contributed by atoms with E-state index in [1.165, 1.54) is 17.7 Å². The Kier molecular flexibility index (Phi) is 4.87. The first-order valence-electron chi connectivity index (χ1n) is 8.51. The Labute approximate surface area is 163 Å². The molecule has 0 spiro atoms. The number of thiophene rings is 1. The van der Waals surface area contributed by atoms with Crippen LogP contribution in [0.3, 0.4) is 0 Å². The molecule has 0 saturated heterocycles. The van der Waals surface area contributed by atoms with Gasteiger partial charge in [-0.05, 0) is 38.1 Å². The maximum absolute atomic E-state index is 12.6. The van der Waals surface area contributed by atoms with E-state index < -0.39 is 0 Å². The van der Waals surface area contributed by atoms with E-state index in [0.29, 0.717) is 16.5 Å². The Bertz CT molecular complexity index is 1040. The molecular formula is C18H17N5O2S2. The summed E-state index contributed by atoms with van der Waals surface area (Å²) in [5.74, 6) is 0.258. The maximum Gasteiger partial charge on any atom is 0.265 e. The van der Waals surface area contributed by atoms with Crippen molar-refractivity contribution >= 4 is 48.9 Å². The highest BCUT2D eigenvalue weighted by Gasteiger charge is 2.16. The molecule has 0 saturated carbocycles. The van der Waals surface area contributed by atoms with Crippen molar-refractivity contribution in [3.8, 4) is 11.5 Å². The number of carbonyl (C=O) groups excluding carboxylic acids is 1. The van der Waals surface area contributed by atoms with Crippen molar-refractivity contribution in [1.29, 1.82) is 0 Å². The molecule has 1 aromatic carbocycles. The van der Waals surface area contributed by atoms with Crippen LogP contribution in [-0.4, -0.2) is 34.2 Å². The van der Waals surface area contributed by atoms with Gasteiger partial charge in [-0.15, -0.1) is 21.5 Å². The van der Waals surface area contributed by atoms with E-state index in [-0.39, 0.29) is 5.91 Å². The quantitative estimate of drug-likeness (QED) is 0.514. The van der Waals surface area contributed by atoms with Gasteiger partial charge in [0.1, 0.15) is 4.83 Å². The number of benzene rings is 1. The van der Waals surface area contributed by atoms with Crippen LogP contribution >= 0.6 is 22.7 Å². The highest BCUT2D eigenvalue weighted by molar-refractivity contribution is 7.29. The Morgan fingerprint density at radius 2 is 2.07 bits per heavy atom. The van der Waals surface area contributed by atoms with Crippen LogP contribution in [0.5, 0.6) is 0 Å². The average molecular weight is 400 g/mol. The van der Waals surface area contributed by atoms with Crippen LogP contribution in [0.4, 0.5) is 10.8 Å². The Morgan fingerprint density at radius 3 is 2.78 bits per heavy atom. The van der Waals surface area contributed by atoms with Crippen molar-refractivity contribution in [2.45, 2.75) is 13.8 Å². The monoisotopic (exact) mass is 399 g/mol. The Morgan fingerprint density at radius 1 is 1.22 bits per heavy atom. The molecule has 3 aromatic heterocycles. The topological polar surface area (TPSA) is 84.2 Å². The van der Waals surface area contributed by atoms with E-state index in [1.807, 2.05) is 24.3 Å². The molecule has 27 heavy (non-hydrogen) atoms. The molecule has 0 fully saturated rings. The zero-order chi connectivity index (χ0) is 18.8. The van der Waals surface area contributed by atoms with Gasteiger partial charge in [0.25, 0.3) is 5.91 Å². The third-order valence-corrected chi connectivity index (χ3v) is 6.28. The van der Waals surface area contributed by atoms with Crippen LogP contribution in [0.1, 0.15) is 23.5 Å². The van der Waals surface area contributed by atoms with Crippen molar-refractivity contribution < 1.29 is 9.21 Å². The summed E-state index contributed by atoms with van der Waals surface area (Å²) >= 11 is 3.02. The summed E-state index contributed by atoms with van der Waals surface area (Å²) in [6.07, 6.45) is 1.28. The smallest absolute Gasteiger partial charge is 0.265 e. The molecule has 4 aromatic rings. The normalized spacial score (nSPS) is 11.0. The Hall–Kier alpha value is -2.78. The molecular weight excluding hydrogens is 382 g/mol. The van der Waals surface area contributed by atoms with Crippen molar-refractivity contribution in [2.75, 3.05) is 23.3 Å². The fourth-order valence-electron chi connectivity index (χ4n) is 2.69. The lowest BCUT2D eigenvalue weighted by Gasteiger charge is -2.16. The van der Waals surface area contributed by atoms with E-state index in [2.05, 4.69) is 39.2 Å². The van der Waals surface area contributed by atoms with Crippen LogP contribution in [0, 0.1) is 0 Å². The van der Waals surface area contributed by atoms with Crippen LogP contribution in [0.2, 0.25) is 0 Å². The first-order chi connectivity index (χ1) is 13.2. The molecule has 0 aliphatic rings. The highest BCUT2D eigenvalue weighted by Crippen LogP contribution is 2.35. The van der Waals surface area contributed by atoms with Gasteiger partial charge in [-0.25, -0.2) is 4.98 Å². The number of nitrogens with one attached hydrogen (secondary N) is 1. The molecule has 3 heterocycles. The number of hydrogen-bond acceptors (Lipinski definition) is 8. The van der Waals surface area contributed by atoms with Crippen LogP contribution in [0.25, 0.3) is 21.0 Å². The van der Waals surface area contributed by atoms with Gasteiger partial charge < -0.3 is 14.6 Å². The van der Waals surface area contributed by atoms with Gasteiger partial charge in [0.05, 0.1) is 9.58 Å². The number of carbonyl (C=O) groups is 1. The number of amides is 1. The minimum absolute atomic E-state index is 0.155. The SMILES string of the molecule is CCN(CC)c1nc2sc(C(=O)Nc3cccc(-c4nnco4)c3)cc2s1. The second-order valence-electron chi connectivity index (χ2n) is 5.73. The predicted molar refractivity (Wildman–Crippen MR) is 109 cm³/mol. The van der Waals surface area contributed by atoms with Gasteiger partial charge in [0, 0.05) is 24.3 Å². The lowest BCUT2D eigenvalue weighted by molar-refractivity contribution is 0.103. The molecule has 7 nitrogen and oxygen atoms in total. The van der Waals surface area contributed by atoms with Crippen molar-refractivity contribution in [3.63, 3.8) is 0 Å². The molecule has 138 valence electrons. The highest BCUT2D eigenvalue weighted by atomic mass is 32.1. The van der Waals surface area contributed by atoms with Gasteiger partial charge in [-0.2, -0.15) is 0 Å². The van der Waals surface area contributed by atoms with Crippen LogP contribution in [0.15, 0.2) is 41.1 Å². The average Bonchev–Trinajstić information content (AvgIpc) is 3.39. The fraction of sp³-hybridized carbons (Fsp3) is 0.222. The summed E-state index contributed by atoms with van der Waals surface area (Å²) in [6, 6.07) is 9.22. The van der Waals surface area contributed by atoms with E-state index in [0.717, 1.165) is 33.3 Å². The zero-order valence-corrected chi connectivity index (χ0v) is 16.4. The lowest BCUT2D eigenvalue weighted by Crippen LogP contribution is -2.21. The molecule has 0 bridgehead atoms. The first-order valence-corrected chi connectivity index (χ1v) is 10.1. The number of thiazole rings is 1. The molecule has 0 aliphatic carbocycles. The summed E-state index contributed by atoms with van der Waals surface area (Å²) in [5.41, 5.74) is 1.42. The minimum Gasteiger partial charge on any atom is -0.423 e. The number of aromatic nitrogens is 3. The summed E-state index contributed by atoms with van der Waals surface area (Å²) in [6.45, 7) is 6.06. The van der Waals surface area contributed by atoms with Crippen LogP contribution in [-0.2, 0) is 0 Å². The fourth-order valence-corrected chi connectivity index (χ4v) is 4.92. The van der Waals surface area contributed by atoms with E-state index in [1.54, 1.807) is 17.4 Å². The second-order valence-corrected chi connectivity index (χ2v) is 7.77. The van der Waals surface area contributed by atoms with Crippen LogP contribution < -0.4 is 10.2 Å². The molecule has 0 radical (unpaired) electrons. The van der Waals surface area contributed by atoms with Crippen molar-refractivity contribution in [2.24, 2.45) is 0 Å².